The molecule has 0 amide bonds. The molecular formula is C19H19N. The summed E-state index contributed by atoms with van der Waals surface area (Å²) < 4.78 is 0. The summed E-state index contributed by atoms with van der Waals surface area (Å²) in [4.78, 5) is 0. The van der Waals surface area contributed by atoms with Crippen LogP contribution >= 0.6 is 0 Å². The van der Waals surface area contributed by atoms with Crippen molar-refractivity contribution in [2.24, 2.45) is 5.73 Å². The lowest BCUT2D eigenvalue weighted by Crippen LogP contribution is -2.14. The quantitative estimate of drug-likeness (QED) is 0.743. The summed E-state index contributed by atoms with van der Waals surface area (Å²) in [6, 6.07) is 23.5. The molecule has 0 spiro atoms. The van der Waals surface area contributed by atoms with Crippen LogP contribution in [0.5, 0.6) is 0 Å². The first-order valence-corrected chi connectivity index (χ1v) is 7.03. The molecular weight excluding hydrogens is 242 g/mol. The van der Waals surface area contributed by atoms with E-state index in [0.717, 1.165) is 6.42 Å². The molecule has 1 heteroatoms. The minimum atomic E-state index is 0.0531. The van der Waals surface area contributed by atoms with Crippen LogP contribution in [-0.2, 0) is 6.42 Å². The Hall–Kier alpha value is -2.12. The maximum Gasteiger partial charge on any atom is 0.0338 e. The van der Waals surface area contributed by atoms with E-state index in [2.05, 4.69) is 73.7 Å². The van der Waals surface area contributed by atoms with Crippen molar-refractivity contribution in [3.05, 3.63) is 83.4 Å². The summed E-state index contributed by atoms with van der Waals surface area (Å²) >= 11 is 0. The Morgan fingerprint density at radius 1 is 0.850 bits per heavy atom. The van der Waals surface area contributed by atoms with E-state index < -0.39 is 0 Å². The first-order valence-electron chi connectivity index (χ1n) is 7.03. The fourth-order valence-electron chi connectivity index (χ4n) is 2.73. The summed E-state index contributed by atoms with van der Waals surface area (Å²) in [6.07, 6.45) is 0.871. The summed E-state index contributed by atoms with van der Waals surface area (Å²) in [7, 11) is 0. The molecule has 1 unspecified atom stereocenters. The average molecular weight is 261 g/mol. The normalized spacial score (nSPS) is 12.5. The molecule has 0 aliphatic heterocycles. The smallest absolute Gasteiger partial charge is 0.0338 e. The van der Waals surface area contributed by atoms with E-state index in [1.807, 2.05) is 0 Å². The highest BCUT2D eigenvalue weighted by Crippen LogP contribution is 2.22. The van der Waals surface area contributed by atoms with Gasteiger partial charge in [-0.1, -0.05) is 66.7 Å². The van der Waals surface area contributed by atoms with Crippen LogP contribution < -0.4 is 5.73 Å². The van der Waals surface area contributed by atoms with Gasteiger partial charge < -0.3 is 5.73 Å². The Kier molecular flexibility index (Phi) is 3.53. The van der Waals surface area contributed by atoms with Gasteiger partial charge in [0.05, 0.1) is 0 Å². The molecule has 0 heterocycles. The Morgan fingerprint density at radius 3 is 2.35 bits per heavy atom. The van der Waals surface area contributed by atoms with Crippen molar-refractivity contribution in [1.82, 2.24) is 0 Å². The molecule has 0 bridgehead atoms. The van der Waals surface area contributed by atoms with Crippen LogP contribution in [-0.4, -0.2) is 0 Å². The topological polar surface area (TPSA) is 26.0 Å². The number of rotatable bonds is 3. The van der Waals surface area contributed by atoms with Crippen molar-refractivity contribution < 1.29 is 0 Å². The summed E-state index contributed by atoms with van der Waals surface area (Å²) in [6.45, 7) is 2.12. The Bertz CT molecular complexity index is 730. The molecule has 1 nitrogen and oxygen atoms in total. The number of hydrogen-bond donors (Lipinski definition) is 1. The predicted octanol–water partition coefficient (Wildman–Crippen LogP) is 4.39. The number of aryl methyl sites for hydroxylation is 1. The van der Waals surface area contributed by atoms with E-state index in [1.54, 1.807) is 0 Å². The van der Waals surface area contributed by atoms with E-state index in [9.17, 15) is 0 Å². The van der Waals surface area contributed by atoms with Gasteiger partial charge >= 0.3 is 0 Å². The lowest BCUT2D eigenvalue weighted by molar-refractivity contribution is 0.717. The van der Waals surface area contributed by atoms with Gasteiger partial charge in [-0.05, 0) is 40.8 Å². The minimum absolute atomic E-state index is 0.0531. The molecule has 0 aromatic heterocycles. The third kappa shape index (κ3) is 2.59. The van der Waals surface area contributed by atoms with Gasteiger partial charge in [-0.15, -0.1) is 0 Å². The second-order valence-corrected chi connectivity index (χ2v) is 5.35. The molecule has 0 radical (unpaired) electrons. The van der Waals surface area contributed by atoms with Gasteiger partial charge in [0.15, 0.2) is 0 Å². The first-order chi connectivity index (χ1) is 9.74. The van der Waals surface area contributed by atoms with Gasteiger partial charge in [0, 0.05) is 6.04 Å². The fourth-order valence-corrected chi connectivity index (χ4v) is 2.73. The Balaban J connectivity index is 1.87. The van der Waals surface area contributed by atoms with Crippen molar-refractivity contribution in [3.8, 4) is 0 Å². The molecule has 0 fully saturated rings. The van der Waals surface area contributed by atoms with E-state index >= 15 is 0 Å². The van der Waals surface area contributed by atoms with Crippen LogP contribution in [0.4, 0.5) is 0 Å². The highest BCUT2D eigenvalue weighted by atomic mass is 14.6. The van der Waals surface area contributed by atoms with Gasteiger partial charge in [0.1, 0.15) is 0 Å². The molecule has 0 aliphatic rings. The van der Waals surface area contributed by atoms with Crippen molar-refractivity contribution in [1.29, 1.82) is 0 Å². The second-order valence-electron chi connectivity index (χ2n) is 5.35. The maximum atomic E-state index is 6.37. The van der Waals surface area contributed by atoms with Crippen LogP contribution in [0.15, 0.2) is 66.7 Å². The maximum absolute atomic E-state index is 6.37. The van der Waals surface area contributed by atoms with E-state index in [4.69, 9.17) is 5.73 Å². The zero-order chi connectivity index (χ0) is 13.9. The summed E-state index contributed by atoms with van der Waals surface area (Å²) in [5, 5.41) is 2.56. The van der Waals surface area contributed by atoms with Crippen molar-refractivity contribution in [2.75, 3.05) is 0 Å². The third-order valence-electron chi connectivity index (χ3n) is 3.86. The SMILES string of the molecule is Cc1ccccc1C(N)Cc1ccc2ccccc2c1. The molecule has 0 aliphatic carbocycles. The standard InChI is InChI=1S/C19H19N/c1-14-6-2-5-9-18(14)19(20)13-15-10-11-16-7-3-4-8-17(16)12-15/h2-12,19H,13,20H2,1H3. The van der Waals surface area contributed by atoms with Crippen LogP contribution in [0, 0.1) is 6.92 Å². The third-order valence-corrected chi connectivity index (χ3v) is 3.86. The predicted molar refractivity (Wildman–Crippen MR) is 85.8 cm³/mol. The number of hydrogen-bond acceptors (Lipinski definition) is 1. The molecule has 1 atom stereocenters. The second kappa shape index (κ2) is 5.48. The first kappa shape index (κ1) is 12.9. The zero-order valence-corrected chi connectivity index (χ0v) is 11.7. The lowest BCUT2D eigenvalue weighted by Gasteiger charge is -2.15. The fraction of sp³-hybridized carbons (Fsp3) is 0.158. The molecule has 2 N–H and O–H groups in total. The molecule has 0 saturated heterocycles. The molecule has 3 rings (SSSR count). The largest absolute Gasteiger partial charge is 0.324 e. The number of nitrogens with two attached hydrogens (primary N) is 1. The number of benzene rings is 3. The lowest BCUT2D eigenvalue weighted by atomic mass is 9.95. The van der Waals surface area contributed by atoms with Gasteiger partial charge in [0.25, 0.3) is 0 Å². The van der Waals surface area contributed by atoms with Crippen LogP contribution in [0.2, 0.25) is 0 Å². The van der Waals surface area contributed by atoms with Gasteiger partial charge in [0.2, 0.25) is 0 Å². The number of fused-ring (bicyclic) bond motifs is 1. The van der Waals surface area contributed by atoms with Gasteiger partial charge in [-0.2, -0.15) is 0 Å². The van der Waals surface area contributed by atoms with Crippen molar-refractivity contribution in [3.63, 3.8) is 0 Å². The van der Waals surface area contributed by atoms with Crippen molar-refractivity contribution >= 4 is 10.8 Å². The van der Waals surface area contributed by atoms with E-state index in [0.29, 0.717) is 0 Å². The van der Waals surface area contributed by atoms with E-state index in [-0.39, 0.29) is 6.04 Å². The Labute approximate surface area is 120 Å². The molecule has 3 aromatic rings. The summed E-state index contributed by atoms with van der Waals surface area (Å²) in [5.41, 5.74) is 10.2. The van der Waals surface area contributed by atoms with Crippen LogP contribution in [0.3, 0.4) is 0 Å². The molecule has 100 valence electrons. The zero-order valence-electron chi connectivity index (χ0n) is 11.7. The van der Waals surface area contributed by atoms with Gasteiger partial charge in [-0.3, -0.25) is 0 Å². The highest BCUT2D eigenvalue weighted by Gasteiger charge is 2.09. The highest BCUT2D eigenvalue weighted by molar-refractivity contribution is 5.83. The van der Waals surface area contributed by atoms with Crippen LogP contribution in [0.1, 0.15) is 22.7 Å². The average Bonchev–Trinajstić information content (AvgIpc) is 2.47. The van der Waals surface area contributed by atoms with Crippen molar-refractivity contribution in [2.45, 2.75) is 19.4 Å². The molecule has 20 heavy (non-hydrogen) atoms. The molecule has 0 saturated carbocycles. The molecule has 3 aromatic carbocycles. The van der Waals surface area contributed by atoms with Gasteiger partial charge in [-0.25, -0.2) is 0 Å². The summed E-state index contributed by atoms with van der Waals surface area (Å²) in [5.74, 6) is 0. The monoisotopic (exact) mass is 261 g/mol. The minimum Gasteiger partial charge on any atom is -0.324 e. The van der Waals surface area contributed by atoms with E-state index in [1.165, 1.54) is 27.5 Å². The van der Waals surface area contributed by atoms with Crippen LogP contribution in [0.25, 0.3) is 10.8 Å². The Morgan fingerprint density at radius 2 is 1.55 bits per heavy atom.